The Morgan fingerprint density at radius 1 is 1.50 bits per heavy atom. The lowest BCUT2D eigenvalue weighted by Crippen LogP contribution is -2.43. The summed E-state index contributed by atoms with van der Waals surface area (Å²) in [6, 6.07) is 1.23. The molecule has 0 spiro atoms. The lowest BCUT2D eigenvalue weighted by molar-refractivity contribution is 0.150. The zero-order valence-corrected chi connectivity index (χ0v) is 8.42. The number of hydrogen-bond acceptors (Lipinski definition) is 2. The fourth-order valence-electron chi connectivity index (χ4n) is 1.81. The Balaban J connectivity index is 2.11. The van der Waals surface area contributed by atoms with E-state index in [1.165, 1.54) is 25.7 Å². The van der Waals surface area contributed by atoms with E-state index in [9.17, 15) is 0 Å². The van der Waals surface area contributed by atoms with Crippen LogP contribution in [0.2, 0.25) is 0 Å². The second-order valence-electron chi connectivity index (χ2n) is 4.07. The molecule has 0 heterocycles. The van der Waals surface area contributed by atoms with Crippen LogP contribution in [0.4, 0.5) is 0 Å². The second-order valence-corrected chi connectivity index (χ2v) is 4.07. The van der Waals surface area contributed by atoms with Gasteiger partial charge in [0, 0.05) is 18.6 Å². The Bertz CT molecular complexity index is 121. The molecule has 2 N–H and O–H groups in total. The van der Waals surface area contributed by atoms with E-state index in [0.29, 0.717) is 6.04 Å². The number of nitrogens with zero attached hydrogens (tertiary/aromatic N) is 1. The van der Waals surface area contributed by atoms with Gasteiger partial charge in [0.05, 0.1) is 0 Å². The Morgan fingerprint density at radius 2 is 2.17 bits per heavy atom. The van der Waals surface area contributed by atoms with E-state index in [-0.39, 0.29) is 0 Å². The highest BCUT2D eigenvalue weighted by atomic mass is 15.1. The van der Waals surface area contributed by atoms with E-state index < -0.39 is 0 Å². The van der Waals surface area contributed by atoms with E-state index >= 15 is 0 Å². The standard InChI is InChI=1S/C10H22N2/c1-3-5-9(11)8-12(2)10-6-4-7-10/h9-10H,3-8,11H2,1-2H3. The molecule has 0 aliphatic heterocycles. The highest BCUT2D eigenvalue weighted by Crippen LogP contribution is 2.23. The van der Waals surface area contributed by atoms with Gasteiger partial charge in [-0.05, 0) is 26.3 Å². The smallest absolute Gasteiger partial charge is 0.0167 e. The summed E-state index contributed by atoms with van der Waals surface area (Å²) < 4.78 is 0. The molecule has 0 amide bonds. The van der Waals surface area contributed by atoms with E-state index in [1.807, 2.05) is 0 Å². The van der Waals surface area contributed by atoms with Crippen molar-refractivity contribution in [2.24, 2.45) is 5.73 Å². The van der Waals surface area contributed by atoms with Crippen LogP contribution in [-0.4, -0.2) is 30.6 Å². The van der Waals surface area contributed by atoms with Crippen molar-refractivity contribution in [1.29, 1.82) is 0 Å². The average molecular weight is 170 g/mol. The molecule has 1 atom stereocenters. The molecule has 0 aromatic carbocycles. The first-order chi connectivity index (χ1) is 5.74. The first kappa shape index (κ1) is 10.0. The van der Waals surface area contributed by atoms with Crippen LogP contribution in [0.25, 0.3) is 0 Å². The van der Waals surface area contributed by atoms with E-state index in [0.717, 1.165) is 19.0 Å². The summed E-state index contributed by atoms with van der Waals surface area (Å²) in [6.07, 6.45) is 6.56. The van der Waals surface area contributed by atoms with Crippen LogP contribution >= 0.6 is 0 Å². The lowest BCUT2D eigenvalue weighted by atomic mass is 9.91. The molecule has 0 bridgehead atoms. The molecule has 0 aromatic rings. The van der Waals surface area contributed by atoms with Crippen molar-refractivity contribution in [1.82, 2.24) is 4.90 Å². The van der Waals surface area contributed by atoms with Gasteiger partial charge in [-0.25, -0.2) is 0 Å². The van der Waals surface area contributed by atoms with Gasteiger partial charge < -0.3 is 10.6 Å². The Hall–Kier alpha value is -0.0800. The molecule has 1 fully saturated rings. The Kier molecular flexibility index (Phi) is 4.02. The van der Waals surface area contributed by atoms with Crippen LogP contribution in [0.5, 0.6) is 0 Å². The molecule has 1 unspecified atom stereocenters. The maximum atomic E-state index is 5.96. The summed E-state index contributed by atoms with van der Waals surface area (Å²) in [4.78, 5) is 2.43. The fraction of sp³-hybridized carbons (Fsp3) is 1.00. The third-order valence-electron chi connectivity index (χ3n) is 2.88. The average Bonchev–Trinajstić information content (AvgIpc) is 1.82. The molecular formula is C10H22N2. The molecule has 1 saturated carbocycles. The van der Waals surface area contributed by atoms with Gasteiger partial charge >= 0.3 is 0 Å². The molecule has 2 heteroatoms. The summed E-state index contributed by atoms with van der Waals surface area (Å²) in [6.45, 7) is 3.28. The van der Waals surface area contributed by atoms with E-state index in [2.05, 4.69) is 18.9 Å². The molecule has 72 valence electrons. The summed E-state index contributed by atoms with van der Waals surface area (Å²) in [5, 5.41) is 0. The first-order valence-corrected chi connectivity index (χ1v) is 5.20. The molecule has 1 aliphatic rings. The molecule has 2 nitrogen and oxygen atoms in total. The van der Waals surface area contributed by atoms with Gasteiger partial charge in [-0.3, -0.25) is 0 Å². The Morgan fingerprint density at radius 3 is 2.58 bits per heavy atom. The number of likely N-dealkylation sites (N-methyl/N-ethyl adjacent to an activating group) is 1. The molecule has 0 aromatic heterocycles. The summed E-state index contributed by atoms with van der Waals surface area (Å²) in [5.74, 6) is 0. The van der Waals surface area contributed by atoms with Crippen LogP contribution in [0.1, 0.15) is 39.0 Å². The highest BCUT2D eigenvalue weighted by Gasteiger charge is 2.22. The van der Waals surface area contributed by atoms with Gasteiger partial charge in [-0.15, -0.1) is 0 Å². The second kappa shape index (κ2) is 4.83. The van der Waals surface area contributed by atoms with Crippen molar-refractivity contribution >= 4 is 0 Å². The summed E-state index contributed by atoms with van der Waals surface area (Å²) in [5.41, 5.74) is 5.96. The van der Waals surface area contributed by atoms with Gasteiger partial charge in [0.2, 0.25) is 0 Å². The lowest BCUT2D eigenvalue weighted by Gasteiger charge is -2.36. The SMILES string of the molecule is CCCC(N)CN(C)C1CCC1. The van der Waals surface area contributed by atoms with Crippen LogP contribution in [0.15, 0.2) is 0 Å². The molecule has 1 aliphatic carbocycles. The van der Waals surface area contributed by atoms with E-state index in [1.54, 1.807) is 0 Å². The molecular weight excluding hydrogens is 148 g/mol. The fourth-order valence-corrected chi connectivity index (χ4v) is 1.81. The van der Waals surface area contributed by atoms with Gasteiger partial charge in [-0.1, -0.05) is 19.8 Å². The molecule has 1 rings (SSSR count). The highest BCUT2D eigenvalue weighted by molar-refractivity contribution is 4.79. The predicted octanol–water partition coefficient (Wildman–Crippen LogP) is 1.60. The van der Waals surface area contributed by atoms with Gasteiger partial charge in [0.1, 0.15) is 0 Å². The minimum atomic E-state index is 0.389. The Labute approximate surface area is 76.1 Å². The maximum Gasteiger partial charge on any atom is 0.0167 e. The predicted molar refractivity (Wildman–Crippen MR) is 53.2 cm³/mol. The van der Waals surface area contributed by atoms with Crippen molar-refractivity contribution in [3.05, 3.63) is 0 Å². The van der Waals surface area contributed by atoms with Crippen molar-refractivity contribution < 1.29 is 0 Å². The third-order valence-corrected chi connectivity index (χ3v) is 2.88. The van der Waals surface area contributed by atoms with Gasteiger partial charge in [-0.2, -0.15) is 0 Å². The van der Waals surface area contributed by atoms with Crippen LogP contribution in [0.3, 0.4) is 0 Å². The minimum absolute atomic E-state index is 0.389. The van der Waals surface area contributed by atoms with Crippen LogP contribution < -0.4 is 5.73 Å². The molecule has 0 radical (unpaired) electrons. The van der Waals surface area contributed by atoms with Crippen molar-refractivity contribution in [2.45, 2.75) is 51.1 Å². The largest absolute Gasteiger partial charge is 0.327 e. The minimum Gasteiger partial charge on any atom is -0.327 e. The summed E-state index contributed by atoms with van der Waals surface area (Å²) in [7, 11) is 2.21. The topological polar surface area (TPSA) is 29.3 Å². The quantitative estimate of drug-likeness (QED) is 0.679. The van der Waals surface area contributed by atoms with Crippen molar-refractivity contribution in [2.75, 3.05) is 13.6 Å². The zero-order valence-electron chi connectivity index (χ0n) is 8.42. The van der Waals surface area contributed by atoms with Crippen molar-refractivity contribution in [3.8, 4) is 0 Å². The number of nitrogens with two attached hydrogens (primary N) is 1. The van der Waals surface area contributed by atoms with Crippen molar-refractivity contribution in [3.63, 3.8) is 0 Å². The maximum absolute atomic E-state index is 5.96. The first-order valence-electron chi connectivity index (χ1n) is 5.20. The zero-order chi connectivity index (χ0) is 8.97. The van der Waals surface area contributed by atoms with Crippen LogP contribution in [-0.2, 0) is 0 Å². The van der Waals surface area contributed by atoms with E-state index in [4.69, 9.17) is 5.73 Å². The molecule has 12 heavy (non-hydrogen) atoms. The third kappa shape index (κ3) is 2.76. The number of hydrogen-bond donors (Lipinski definition) is 1. The van der Waals surface area contributed by atoms with Gasteiger partial charge in [0.15, 0.2) is 0 Å². The monoisotopic (exact) mass is 170 g/mol. The number of rotatable bonds is 5. The molecule has 0 saturated heterocycles. The summed E-state index contributed by atoms with van der Waals surface area (Å²) >= 11 is 0. The van der Waals surface area contributed by atoms with Crippen LogP contribution in [0, 0.1) is 0 Å². The van der Waals surface area contributed by atoms with Gasteiger partial charge in [0.25, 0.3) is 0 Å². The normalized spacial score (nSPS) is 21.0.